The van der Waals surface area contributed by atoms with E-state index in [1.807, 2.05) is 0 Å². The number of methoxy groups -OCH3 is 1. The average Bonchev–Trinajstić information content (AvgIpc) is 2.48. The van der Waals surface area contributed by atoms with Gasteiger partial charge in [0.2, 0.25) is 0 Å². The predicted molar refractivity (Wildman–Crippen MR) is 75.0 cm³/mol. The summed E-state index contributed by atoms with van der Waals surface area (Å²) in [4.78, 5) is 0.187. The van der Waals surface area contributed by atoms with E-state index >= 15 is 0 Å². The van der Waals surface area contributed by atoms with Gasteiger partial charge in [-0.2, -0.15) is 0 Å². The maximum atomic E-state index is 13.5. The summed E-state index contributed by atoms with van der Waals surface area (Å²) >= 11 is 1.07. The highest BCUT2D eigenvalue weighted by Gasteiger charge is 2.11. The zero-order valence-corrected chi connectivity index (χ0v) is 11.7. The van der Waals surface area contributed by atoms with Crippen molar-refractivity contribution < 1.29 is 18.6 Å². The van der Waals surface area contributed by atoms with E-state index in [0.29, 0.717) is 11.3 Å². The van der Waals surface area contributed by atoms with Crippen LogP contribution in [0.1, 0.15) is 11.7 Å². The summed E-state index contributed by atoms with van der Waals surface area (Å²) in [5.74, 6) is -0.115. The van der Waals surface area contributed by atoms with E-state index < -0.39 is 17.7 Å². The van der Waals surface area contributed by atoms with Crippen molar-refractivity contribution in [2.75, 3.05) is 12.9 Å². The van der Waals surface area contributed by atoms with Crippen molar-refractivity contribution in [3.8, 4) is 5.75 Å². The lowest BCUT2D eigenvalue weighted by Gasteiger charge is -2.12. The number of aliphatic hydroxyl groups is 1. The minimum absolute atomic E-state index is 0.187. The summed E-state index contributed by atoms with van der Waals surface area (Å²) < 4.78 is 31.6. The van der Waals surface area contributed by atoms with Crippen molar-refractivity contribution in [1.29, 1.82) is 0 Å². The smallest absolute Gasteiger partial charge is 0.136 e. The molecule has 0 aromatic heterocycles. The van der Waals surface area contributed by atoms with Crippen LogP contribution in [0.4, 0.5) is 8.78 Å². The van der Waals surface area contributed by atoms with Gasteiger partial charge in [-0.3, -0.25) is 0 Å². The number of thioether (sulfide) groups is 1. The fourth-order valence-electron chi connectivity index (χ4n) is 1.70. The molecular formula is C15H14F2O2S. The van der Waals surface area contributed by atoms with Crippen LogP contribution in [0.5, 0.6) is 5.75 Å². The number of hydrogen-bond donors (Lipinski definition) is 1. The van der Waals surface area contributed by atoms with Gasteiger partial charge >= 0.3 is 0 Å². The summed E-state index contributed by atoms with van der Waals surface area (Å²) in [6, 6.07) is 10.3. The van der Waals surface area contributed by atoms with E-state index in [0.717, 1.165) is 30.0 Å². The first kappa shape index (κ1) is 14.8. The summed E-state index contributed by atoms with van der Waals surface area (Å²) in [6.45, 7) is 0. The molecule has 0 saturated carbocycles. The lowest BCUT2D eigenvalue weighted by atomic mass is 10.1. The third kappa shape index (κ3) is 3.71. The fourth-order valence-corrected chi connectivity index (χ4v) is 2.63. The fraction of sp³-hybridized carbons (Fsp3) is 0.200. The highest BCUT2D eigenvalue weighted by atomic mass is 32.2. The second-order valence-electron chi connectivity index (χ2n) is 4.18. The van der Waals surface area contributed by atoms with Gasteiger partial charge in [0.1, 0.15) is 17.4 Å². The Kier molecular flexibility index (Phi) is 4.98. The molecule has 20 heavy (non-hydrogen) atoms. The quantitative estimate of drug-likeness (QED) is 0.851. The third-order valence-corrected chi connectivity index (χ3v) is 3.87. The highest BCUT2D eigenvalue weighted by molar-refractivity contribution is 7.99. The zero-order chi connectivity index (χ0) is 14.5. The van der Waals surface area contributed by atoms with Crippen LogP contribution in [0, 0.1) is 11.6 Å². The van der Waals surface area contributed by atoms with Gasteiger partial charge in [-0.25, -0.2) is 8.78 Å². The molecule has 5 heteroatoms. The van der Waals surface area contributed by atoms with Gasteiger partial charge < -0.3 is 9.84 Å². The first-order chi connectivity index (χ1) is 9.60. The second-order valence-corrected chi connectivity index (χ2v) is 5.24. The molecule has 1 N–H and O–H groups in total. The molecule has 2 aromatic rings. The van der Waals surface area contributed by atoms with Crippen molar-refractivity contribution >= 4 is 11.8 Å². The molecule has 0 aliphatic rings. The van der Waals surface area contributed by atoms with Gasteiger partial charge in [0, 0.05) is 10.6 Å². The molecule has 0 heterocycles. The van der Waals surface area contributed by atoms with Crippen LogP contribution in [0.15, 0.2) is 47.4 Å². The van der Waals surface area contributed by atoms with Crippen LogP contribution in [0.3, 0.4) is 0 Å². The lowest BCUT2D eigenvalue weighted by Crippen LogP contribution is -2.01. The van der Waals surface area contributed by atoms with Gasteiger partial charge in [0.15, 0.2) is 0 Å². The molecule has 0 radical (unpaired) electrons. The minimum atomic E-state index is -0.780. The number of hydrogen-bond acceptors (Lipinski definition) is 3. The summed E-state index contributed by atoms with van der Waals surface area (Å²) in [5, 5.41) is 10.1. The van der Waals surface area contributed by atoms with Crippen LogP contribution < -0.4 is 4.74 Å². The Morgan fingerprint density at radius 2 is 2.00 bits per heavy atom. The van der Waals surface area contributed by atoms with Crippen molar-refractivity contribution in [3.05, 3.63) is 59.7 Å². The van der Waals surface area contributed by atoms with Crippen LogP contribution in [-0.2, 0) is 0 Å². The van der Waals surface area contributed by atoms with E-state index in [-0.39, 0.29) is 10.6 Å². The van der Waals surface area contributed by atoms with E-state index in [4.69, 9.17) is 4.74 Å². The van der Waals surface area contributed by atoms with Crippen molar-refractivity contribution in [2.24, 2.45) is 0 Å². The normalized spacial score (nSPS) is 12.2. The monoisotopic (exact) mass is 296 g/mol. The van der Waals surface area contributed by atoms with E-state index in [1.54, 1.807) is 31.4 Å². The van der Waals surface area contributed by atoms with Gasteiger partial charge in [0.25, 0.3) is 0 Å². The van der Waals surface area contributed by atoms with Crippen molar-refractivity contribution in [1.82, 2.24) is 0 Å². The molecule has 2 nitrogen and oxygen atoms in total. The van der Waals surface area contributed by atoms with Gasteiger partial charge in [-0.1, -0.05) is 12.1 Å². The van der Waals surface area contributed by atoms with Gasteiger partial charge in [0.05, 0.1) is 13.2 Å². The molecule has 0 aliphatic heterocycles. The molecule has 1 atom stereocenters. The van der Waals surface area contributed by atoms with E-state index in [9.17, 15) is 13.9 Å². The standard InChI is InChI=1S/C15H14F2O2S/c1-19-12-4-2-3-10(7-12)14(18)9-20-15-8-11(16)5-6-13(15)17/h2-8,14,18H,9H2,1H3. The zero-order valence-electron chi connectivity index (χ0n) is 10.8. The minimum Gasteiger partial charge on any atom is -0.497 e. The lowest BCUT2D eigenvalue weighted by molar-refractivity contribution is 0.203. The highest BCUT2D eigenvalue weighted by Crippen LogP contribution is 2.28. The molecule has 0 saturated heterocycles. The Balaban J connectivity index is 2.04. The molecule has 2 rings (SSSR count). The largest absolute Gasteiger partial charge is 0.497 e. The maximum Gasteiger partial charge on any atom is 0.136 e. The molecule has 1 unspecified atom stereocenters. The SMILES string of the molecule is COc1cccc(C(O)CSc2cc(F)ccc2F)c1. The summed E-state index contributed by atoms with van der Waals surface area (Å²) in [5.41, 5.74) is 0.675. The average molecular weight is 296 g/mol. The number of benzene rings is 2. The molecule has 2 aromatic carbocycles. The summed E-state index contributed by atoms with van der Waals surface area (Å²) in [6.07, 6.45) is -0.780. The molecule has 0 amide bonds. The number of ether oxygens (including phenoxy) is 1. The predicted octanol–water partition coefficient (Wildman–Crippen LogP) is 3.80. The molecule has 0 spiro atoms. The first-order valence-corrected chi connectivity index (χ1v) is 6.98. The molecular weight excluding hydrogens is 282 g/mol. The topological polar surface area (TPSA) is 29.5 Å². The Morgan fingerprint density at radius 3 is 2.75 bits per heavy atom. The van der Waals surface area contributed by atoms with Crippen LogP contribution in [-0.4, -0.2) is 18.0 Å². The molecule has 0 bridgehead atoms. The Hall–Kier alpha value is -1.59. The van der Waals surface area contributed by atoms with Crippen LogP contribution in [0.2, 0.25) is 0 Å². The Labute approximate surface area is 120 Å². The maximum absolute atomic E-state index is 13.5. The second kappa shape index (κ2) is 6.72. The third-order valence-electron chi connectivity index (χ3n) is 2.77. The Bertz CT molecular complexity index is 590. The van der Waals surface area contributed by atoms with E-state index in [1.165, 1.54) is 0 Å². The van der Waals surface area contributed by atoms with Crippen LogP contribution >= 0.6 is 11.8 Å². The van der Waals surface area contributed by atoms with Crippen molar-refractivity contribution in [3.63, 3.8) is 0 Å². The van der Waals surface area contributed by atoms with Gasteiger partial charge in [-0.15, -0.1) is 11.8 Å². The first-order valence-electron chi connectivity index (χ1n) is 6.00. The molecule has 0 fully saturated rings. The van der Waals surface area contributed by atoms with Crippen LogP contribution in [0.25, 0.3) is 0 Å². The number of aliphatic hydroxyl groups excluding tert-OH is 1. The molecule has 0 aliphatic carbocycles. The van der Waals surface area contributed by atoms with Gasteiger partial charge in [-0.05, 0) is 35.9 Å². The number of halogens is 2. The number of rotatable bonds is 5. The molecule has 106 valence electrons. The Morgan fingerprint density at radius 1 is 1.20 bits per heavy atom. The van der Waals surface area contributed by atoms with Crippen molar-refractivity contribution in [2.45, 2.75) is 11.0 Å². The summed E-state index contributed by atoms with van der Waals surface area (Å²) in [7, 11) is 1.54. The van der Waals surface area contributed by atoms with E-state index in [2.05, 4.69) is 0 Å².